The summed E-state index contributed by atoms with van der Waals surface area (Å²) in [5.41, 5.74) is 0.349. The number of morpholine rings is 1. The van der Waals surface area contributed by atoms with Gasteiger partial charge in [-0.25, -0.2) is 8.42 Å². The van der Waals surface area contributed by atoms with Gasteiger partial charge in [-0.1, -0.05) is 6.92 Å². The number of rotatable bonds is 4. The molecule has 0 saturated carbocycles. The van der Waals surface area contributed by atoms with Crippen LogP contribution < -0.4 is 4.90 Å². The molecule has 0 amide bonds. The Bertz CT molecular complexity index is 738. The summed E-state index contributed by atoms with van der Waals surface area (Å²) in [7, 11) is -3.74. The normalized spacial score (nSPS) is 20.6. The van der Waals surface area contributed by atoms with Crippen molar-refractivity contribution in [3.63, 3.8) is 0 Å². The number of ether oxygens (including phenoxy) is 1. The Labute approximate surface area is 147 Å². The second-order valence-corrected chi connectivity index (χ2v) is 8.53. The molecule has 2 saturated heterocycles. The molecule has 25 heavy (non-hydrogen) atoms. The van der Waals surface area contributed by atoms with E-state index in [1.807, 2.05) is 4.90 Å². The molecule has 0 aliphatic carbocycles. The SMILES string of the molecule is CC1CCN(c2ccc(S(=O)(=O)N3CCOCC3)cc2[N+](=O)[O-])CC1. The van der Waals surface area contributed by atoms with Gasteiger partial charge in [0.05, 0.1) is 23.0 Å². The molecule has 8 nitrogen and oxygen atoms in total. The molecule has 0 unspecified atom stereocenters. The van der Waals surface area contributed by atoms with E-state index in [4.69, 9.17) is 4.74 Å². The minimum absolute atomic E-state index is 0.0322. The zero-order chi connectivity index (χ0) is 18.0. The average molecular weight is 369 g/mol. The highest BCUT2D eigenvalue weighted by Crippen LogP contribution is 2.34. The summed E-state index contributed by atoms with van der Waals surface area (Å²) >= 11 is 0. The molecule has 1 aromatic rings. The third-order valence-corrected chi connectivity index (χ3v) is 6.77. The molecule has 9 heteroatoms. The fourth-order valence-electron chi connectivity index (χ4n) is 3.26. The van der Waals surface area contributed by atoms with Crippen molar-refractivity contribution < 1.29 is 18.1 Å². The van der Waals surface area contributed by atoms with Crippen molar-refractivity contribution in [3.05, 3.63) is 28.3 Å². The van der Waals surface area contributed by atoms with Crippen molar-refractivity contribution >= 4 is 21.4 Å². The van der Waals surface area contributed by atoms with E-state index in [0.717, 1.165) is 25.9 Å². The lowest BCUT2D eigenvalue weighted by Gasteiger charge is -2.32. The first-order valence-corrected chi connectivity index (χ1v) is 9.95. The third-order valence-electron chi connectivity index (χ3n) is 4.88. The van der Waals surface area contributed by atoms with Crippen LogP contribution in [0.2, 0.25) is 0 Å². The molecular weight excluding hydrogens is 346 g/mol. The number of anilines is 1. The van der Waals surface area contributed by atoms with Crippen molar-refractivity contribution in [3.8, 4) is 0 Å². The Morgan fingerprint density at radius 1 is 1.16 bits per heavy atom. The second kappa shape index (κ2) is 7.27. The molecule has 0 radical (unpaired) electrons. The van der Waals surface area contributed by atoms with Gasteiger partial charge in [-0.15, -0.1) is 0 Å². The fraction of sp³-hybridized carbons (Fsp3) is 0.625. The predicted molar refractivity (Wildman–Crippen MR) is 93.3 cm³/mol. The van der Waals surface area contributed by atoms with E-state index in [-0.39, 0.29) is 23.7 Å². The van der Waals surface area contributed by atoms with Crippen LogP contribution in [0.25, 0.3) is 0 Å². The lowest BCUT2D eigenvalue weighted by Crippen LogP contribution is -2.40. The van der Waals surface area contributed by atoms with Crippen molar-refractivity contribution in [1.82, 2.24) is 4.31 Å². The molecule has 138 valence electrons. The van der Waals surface area contributed by atoms with Gasteiger partial charge in [-0.05, 0) is 30.9 Å². The molecule has 2 aliphatic rings. The van der Waals surface area contributed by atoms with Crippen molar-refractivity contribution in [2.24, 2.45) is 5.92 Å². The Morgan fingerprint density at radius 2 is 1.80 bits per heavy atom. The van der Waals surface area contributed by atoms with Crippen LogP contribution in [0.15, 0.2) is 23.1 Å². The van der Waals surface area contributed by atoms with Gasteiger partial charge < -0.3 is 9.64 Å². The summed E-state index contributed by atoms with van der Waals surface area (Å²) in [6.07, 6.45) is 1.95. The van der Waals surface area contributed by atoms with Crippen molar-refractivity contribution in [2.45, 2.75) is 24.7 Å². The topological polar surface area (TPSA) is 93.0 Å². The van der Waals surface area contributed by atoms with E-state index in [9.17, 15) is 18.5 Å². The number of nitro groups is 1. The zero-order valence-electron chi connectivity index (χ0n) is 14.3. The fourth-order valence-corrected chi connectivity index (χ4v) is 4.69. The maximum Gasteiger partial charge on any atom is 0.293 e. The molecule has 0 atom stereocenters. The van der Waals surface area contributed by atoms with Crippen LogP contribution >= 0.6 is 0 Å². The first-order chi connectivity index (χ1) is 11.9. The number of piperidine rings is 1. The number of hydrogen-bond acceptors (Lipinski definition) is 6. The van der Waals surface area contributed by atoms with Crippen LogP contribution in [0.5, 0.6) is 0 Å². The summed E-state index contributed by atoms with van der Waals surface area (Å²) in [6, 6.07) is 4.24. The van der Waals surface area contributed by atoms with Crippen LogP contribution in [0.3, 0.4) is 0 Å². The highest BCUT2D eigenvalue weighted by molar-refractivity contribution is 7.89. The Morgan fingerprint density at radius 3 is 2.40 bits per heavy atom. The molecule has 2 aliphatic heterocycles. The van der Waals surface area contributed by atoms with E-state index in [1.54, 1.807) is 6.07 Å². The molecule has 0 spiro atoms. The van der Waals surface area contributed by atoms with Gasteiger partial charge in [0.15, 0.2) is 0 Å². The molecule has 3 rings (SSSR count). The molecule has 2 heterocycles. The summed E-state index contributed by atoms with van der Waals surface area (Å²) in [5, 5.41) is 11.5. The maximum atomic E-state index is 12.7. The number of nitro benzene ring substituents is 1. The number of benzene rings is 1. The third kappa shape index (κ3) is 3.78. The van der Waals surface area contributed by atoms with Crippen LogP contribution in [-0.4, -0.2) is 57.0 Å². The number of hydrogen-bond donors (Lipinski definition) is 0. The van der Waals surface area contributed by atoms with Crippen LogP contribution in [0.1, 0.15) is 19.8 Å². The van der Waals surface area contributed by atoms with E-state index >= 15 is 0 Å². The minimum Gasteiger partial charge on any atom is -0.379 e. The van der Waals surface area contributed by atoms with Gasteiger partial charge in [-0.2, -0.15) is 4.31 Å². The smallest absolute Gasteiger partial charge is 0.293 e. The summed E-state index contributed by atoms with van der Waals surface area (Å²) < 4.78 is 31.9. The predicted octanol–water partition coefficient (Wildman–Crippen LogP) is 1.85. The quantitative estimate of drug-likeness (QED) is 0.594. The zero-order valence-corrected chi connectivity index (χ0v) is 15.1. The van der Waals surface area contributed by atoms with Gasteiger partial charge >= 0.3 is 0 Å². The summed E-state index contributed by atoms with van der Waals surface area (Å²) in [4.78, 5) is 13.0. The summed E-state index contributed by atoms with van der Waals surface area (Å²) in [6.45, 7) is 4.87. The van der Waals surface area contributed by atoms with Crippen molar-refractivity contribution in [2.75, 3.05) is 44.3 Å². The van der Waals surface area contributed by atoms with E-state index in [1.165, 1.54) is 16.4 Å². The van der Waals surface area contributed by atoms with Crippen molar-refractivity contribution in [1.29, 1.82) is 0 Å². The minimum atomic E-state index is -3.74. The highest BCUT2D eigenvalue weighted by Gasteiger charge is 2.30. The van der Waals surface area contributed by atoms with Gasteiger partial charge in [0.2, 0.25) is 10.0 Å². The molecule has 0 bridgehead atoms. The average Bonchev–Trinajstić information content (AvgIpc) is 2.62. The van der Waals surface area contributed by atoms with Gasteiger partial charge in [0.1, 0.15) is 5.69 Å². The van der Waals surface area contributed by atoms with Crippen LogP contribution in [0, 0.1) is 16.0 Å². The van der Waals surface area contributed by atoms with Gasteiger partial charge in [0, 0.05) is 32.2 Å². The standard InChI is InChI=1S/C16H23N3O5S/c1-13-4-6-17(7-5-13)15-3-2-14(12-16(15)19(20)21)25(22,23)18-8-10-24-11-9-18/h2-3,12-13H,4-11H2,1H3. The second-order valence-electron chi connectivity index (χ2n) is 6.59. The Balaban J connectivity index is 1.92. The molecule has 1 aromatic carbocycles. The van der Waals surface area contributed by atoms with E-state index in [0.29, 0.717) is 24.8 Å². The largest absolute Gasteiger partial charge is 0.379 e. The monoisotopic (exact) mass is 369 g/mol. The van der Waals surface area contributed by atoms with Gasteiger partial charge in [0.25, 0.3) is 5.69 Å². The lowest BCUT2D eigenvalue weighted by atomic mass is 9.98. The Kier molecular flexibility index (Phi) is 5.26. The van der Waals surface area contributed by atoms with E-state index < -0.39 is 14.9 Å². The first kappa shape index (κ1) is 18.1. The molecule has 2 fully saturated rings. The first-order valence-electron chi connectivity index (χ1n) is 8.51. The van der Waals surface area contributed by atoms with E-state index in [2.05, 4.69) is 6.92 Å². The maximum absolute atomic E-state index is 12.7. The molecule has 0 aromatic heterocycles. The highest BCUT2D eigenvalue weighted by atomic mass is 32.2. The van der Waals surface area contributed by atoms with Crippen LogP contribution in [0.4, 0.5) is 11.4 Å². The molecular formula is C16H23N3O5S. The summed E-state index contributed by atoms with van der Waals surface area (Å²) in [5.74, 6) is 0.608. The lowest BCUT2D eigenvalue weighted by molar-refractivity contribution is -0.384. The van der Waals surface area contributed by atoms with Crippen LogP contribution in [-0.2, 0) is 14.8 Å². The number of nitrogens with zero attached hydrogens (tertiary/aromatic N) is 3. The number of sulfonamides is 1. The van der Waals surface area contributed by atoms with Gasteiger partial charge in [-0.3, -0.25) is 10.1 Å². The Hall–Kier alpha value is -1.71. The molecule has 0 N–H and O–H groups in total.